The minimum Gasteiger partial charge on any atom is -0.481 e. The molecule has 5 aliphatic carbocycles. The van der Waals surface area contributed by atoms with Crippen LogP contribution in [-0.2, 0) is 23.9 Å². The van der Waals surface area contributed by atoms with Gasteiger partial charge in [0.1, 0.15) is 6.10 Å². The predicted molar refractivity (Wildman–Crippen MR) is 209 cm³/mol. The van der Waals surface area contributed by atoms with Gasteiger partial charge in [0.25, 0.3) is 0 Å². The fraction of sp³-hybridized carbons (Fsp3) is 0.889. The average Bonchev–Trinajstić information content (AvgIpc) is 3.33. The fourth-order valence-corrected chi connectivity index (χ4v) is 13.6. The molecular weight excluding hydrogens is 665 g/mol. The number of ether oxygens (including phenoxy) is 2. The number of carboxylic acids is 1. The molecule has 0 radical (unpaired) electrons. The number of carbonyl (C=O) groups excluding carboxylic acids is 2. The molecule has 1 aliphatic heterocycles. The number of carboxylic acid groups (broad SMARTS) is 1. The molecule has 1 saturated heterocycles. The maximum absolute atomic E-state index is 14.2. The minimum absolute atomic E-state index is 0.0171. The van der Waals surface area contributed by atoms with Crippen molar-refractivity contribution >= 4 is 17.7 Å². The molecular formula is C45H74N2O6. The van der Waals surface area contributed by atoms with E-state index in [1.54, 1.807) is 19.4 Å². The summed E-state index contributed by atoms with van der Waals surface area (Å²) in [5, 5.41) is 9.63. The molecule has 6 aliphatic rings. The van der Waals surface area contributed by atoms with Crippen molar-refractivity contribution < 1.29 is 29.0 Å². The molecule has 6 rings (SSSR count). The molecule has 4 saturated carbocycles. The normalized spacial score (nSPS) is 38.3. The molecule has 8 atom stereocenters. The molecule has 1 heterocycles. The highest BCUT2D eigenvalue weighted by Gasteiger charge is 2.70. The highest BCUT2D eigenvalue weighted by atomic mass is 16.5. The van der Waals surface area contributed by atoms with Gasteiger partial charge < -0.3 is 24.4 Å². The molecule has 0 bridgehead atoms. The Balaban J connectivity index is 1.25. The van der Waals surface area contributed by atoms with Gasteiger partial charge in [-0.15, -0.1) is 0 Å². The first-order valence-corrected chi connectivity index (χ1v) is 21.3. The SMILES string of the molecule is CC(C)C1=C2[C@H]3CCC4[C@@]5(C)CC[C@H](OC(=O)CC(C)(C)C(=O)O)C(C)(C)C5CC[C@@]4(C)[C@]3(C)CC[C@@]2(CCN(CCN(C)C)CC2COC2)CC1=O. The Labute approximate surface area is 321 Å². The van der Waals surface area contributed by atoms with E-state index in [1.807, 2.05) is 0 Å². The highest BCUT2D eigenvalue weighted by Crippen LogP contribution is 2.77. The second-order valence-electron chi connectivity index (χ2n) is 21.4. The van der Waals surface area contributed by atoms with E-state index in [4.69, 9.17) is 9.47 Å². The van der Waals surface area contributed by atoms with Crippen LogP contribution in [-0.4, -0.2) is 92.2 Å². The van der Waals surface area contributed by atoms with Crippen molar-refractivity contribution in [3.8, 4) is 0 Å². The van der Waals surface area contributed by atoms with Crippen molar-refractivity contribution in [1.82, 2.24) is 9.80 Å². The Morgan fingerprint density at radius 2 is 1.60 bits per heavy atom. The van der Waals surface area contributed by atoms with Gasteiger partial charge >= 0.3 is 11.9 Å². The molecule has 5 fully saturated rings. The van der Waals surface area contributed by atoms with Crippen LogP contribution in [0.4, 0.5) is 0 Å². The predicted octanol–water partition coefficient (Wildman–Crippen LogP) is 8.28. The van der Waals surface area contributed by atoms with Crippen LogP contribution in [0.2, 0.25) is 0 Å². The second-order valence-corrected chi connectivity index (χ2v) is 21.4. The van der Waals surface area contributed by atoms with Gasteiger partial charge in [-0.1, -0.05) is 54.0 Å². The number of hydrogen-bond acceptors (Lipinski definition) is 7. The van der Waals surface area contributed by atoms with E-state index in [2.05, 4.69) is 72.4 Å². The standard InChI is InChI=1S/C45H74N2O6/c1-29(2)37-32(48)24-45(20-21-47(23-22-46(10)11)26-30-27-52-28-30)19-18-43(8)31(38(37)45)12-13-34-42(7)16-15-35(53-36(49)25-40(3,4)39(50)51)41(5,6)33(42)14-17-44(34,43)9/h29-31,33-35H,12-28H2,1-11H3,(H,50,51)/t31-,33?,34?,35+,42+,43-,44-,45-/m1/s1. The molecule has 0 spiro atoms. The number of allylic oxidation sites excluding steroid dienone is 2. The molecule has 0 aromatic heterocycles. The number of likely N-dealkylation sites (N-methyl/N-ethyl adjacent to an activating group) is 1. The topological polar surface area (TPSA) is 96.4 Å². The number of ketones is 1. The summed E-state index contributed by atoms with van der Waals surface area (Å²) in [6.45, 7) is 26.2. The summed E-state index contributed by atoms with van der Waals surface area (Å²) in [4.78, 5) is 44.0. The Hall–Kier alpha value is -1.77. The third-order valence-electron chi connectivity index (χ3n) is 16.9. The molecule has 1 N–H and O–H groups in total. The van der Waals surface area contributed by atoms with Crippen LogP contribution in [0.1, 0.15) is 133 Å². The number of nitrogens with zero attached hydrogens (tertiary/aromatic N) is 2. The van der Waals surface area contributed by atoms with Crippen molar-refractivity contribution in [2.75, 3.05) is 53.5 Å². The van der Waals surface area contributed by atoms with Gasteiger partial charge in [-0.25, -0.2) is 0 Å². The lowest BCUT2D eigenvalue weighted by Gasteiger charge is -2.72. The minimum atomic E-state index is -1.14. The van der Waals surface area contributed by atoms with E-state index in [9.17, 15) is 19.5 Å². The third-order valence-corrected chi connectivity index (χ3v) is 16.9. The molecule has 8 nitrogen and oxygen atoms in total. The number of carbonyl (C=O) groups is 3. The number of rotatable bonds is 13. The van der Waals surface area contributed by atoms with Crippen LogP contribution >= 0.6 is 0 Å². The molecule has 300 valence electrons. The summed E-state index contributed by atoms with van der Waals surface area (Å²) in [6, 6.07) is 0. The first-order chi connectivity index (χ1) is 24.6. The van der Waals surface area contributed by atoms with Crippen molar-refractivity contribution in [3.63, 3.8) is 0 Å². The van der Waals surface area contributed by atoms with Crippen LogP contribution in [0.25, 0.3) is 0 Å². The fourth-order valence-electron chi connectivity index (χ4n) is 13.6. The summed E-state index contributed by atoms with van der Waals surface area (Å²) in [5.74, 6) is 1.36. The molecule has 0 amide bonds. The molecule has 53 heavy (non-hydrogen) atoms. The van der Waals surface area contributed by atoms with E-state index in [0.717, 1.165) is 84.3 Å². The zero-order valence-corrected chi connectivity index (χ0v) is 35.4. The average molecular weight is 739 g/mol. The molecule has 0 aromatic carbocycles. The van der Waals surface area contributed by atoms with Crippen LogP contribution < -0.4 is 0 Å². The first-order valence-electron chi connectivity index (χ1n) is 21.3. The van der Waals surface area contributed by atoms with Gasteiger partial charge in [0.05, 0.1) is 25.0 Å². The summed E-state index contributed by atoms with van der Waals surface area (Å²) in [5.41, 5.74) is 1.80. The lowest BCUT2D eigenvalue weighted by Crippen LogP contribution is -2.65. The van der Waals surface area contributed by atoms with Crippen LogP contribution in [0, 0.1) is 62.1 Å². The summed E-state index contributed by atoms with van der Waals surface area (Å²) in [6.07, 6.45) is 10.2. The van der Waals surface area contributed by atoms with Crippen molar-refractivity contribution in [2.24, 2.45) is 62.1 Å². The number of Topliss-reactive ketones (excluding diaryl/α,β-unsaturated/α-hetero) is 1. The van der Waals surface area contributed by atoms with E-state index < -0.39 is 17.4 Å². The van der Waals surface area contributed by atoms with Gasteiger partial charge in [0, 0.05) is 42.8 Å². The van der Waals surface area contributed by atoms with Crippen molar-refractivity contribution in [1.29, 1.82) is 0 Å². The molecule has 2 unspecified atom stereocenters. The lowest BCUT2D eigenvalue weighted by atomic mass is 9.33. The third kappa shape index (κ3) is 6.89. The maximum atomic E-state index is 14.2. The van der Waals surface area contributed by atoms with E-state index in [1.165, 1.54) is 18.4 Å². The molecule has 8 heteroatoms. The van der Waals surface area contributed by atoms with Gasteiger partial charge in [-0.05, 0) is 138 Å². The van der Waals surface area contributed by atoms with Gasteiger partial charge in [-0.3, -0.25) is 14.4 Å². The second kappa shape index (κ2) is 14.3. The Kier molecular flexibility index (Phi) is 11.0. The summed E-state index contributed by atoms with van der Waals surface area (Å²) >= 11 is 0. The first kappa shape index (κ1) is 40.9. The zero-order valence-electron chi connectivity index (χ0n) is 35.4. The van der Waals surface area contributed by atoms with Gasteiger partial charge in [0.2, 0.25) is 0 Å². The number of aliphatic carboxylic acids is 1. The molecule has 0 aromatic rings. The van der Waals surface area contributed by atoms with E-state index >= 15 is 0 Å². The Morgan fingerprint density at radius 3 is 2.21 bits per heavy atom. The Morgan fingerprint density at radius 1 is 0.906 bits per heavy atom. The largest absolute Gasteiger partial charge is 0.481 e. The van der Waals surface area contributed by atoms with Gasteiger partial charge in [0.15, 0.2) is 5.78 Å². The van der Waals surface area contributed by atoms with Crippen LogP contribution in [0.5, 0.6) is 0 Å². The number of fused-ring (bicyclic) bond motifs is 7. The van der Waals surface area contributed by atoms with Crippen molar-refractivity contribution in [2.45, 2.75) is 139 Å². The van der Waals surface area contributed by atoms with Crippen LogP contribution in [0.15, 0.2) is 11.1 Å². The van der Waals surface area contributed by atoms with Crippen LogP contribution in [0.3, 0.4) is 0 Å². The maximum Gasteiger partial charge on any atom is 0.309 e. The highest BCUT2D eigenvalue weighted by molar-refractivity contribution is 6.00. The number of hydrogen-bond donors (Lipinski definition) is 1. The zero-order chi connectivity index (χ0) is 38.9. The Bertz CT molecular complexity index is 1460. The lowest BCUT2D eigenvalue weighted by molar-refractivity contribution is -0.233. The van der Waals surface area contributed by atoms with Gasteiger partial charge in [-0.2, -0.15) is 0 Å². The quantitative estimate of drug-likeness (QED) is 0.189. The smallest absolute Gasteiger partial charge is 0.309 e. The number of esters is 1. The van der Waals surface area contributed by atoms with Crippen molar-refractivity contribution in [3.05, 3.63) is 11.1 Å². The van der Waals surface area contributed by atoms with E-state index in [0.29, 0.717) is 35.9 Å². The monoisotopic (exact) mass is 739 g/mol. The van der Waals surface area contributed by atoms with E-state index in [-0.39, 0.29) is 45.5 Å². The summed E-state index contributed by atoms with van der Waals surface area (Å²) < 4.78 is 11.8. The summed E-state index contributed by atoms with van der Waals surface area (Å²) in [7, 11) is 4.32.